The first-order valence-corrected chi connectivity index (χ1v) is 6.51. The summed E-state index contributed by atoms with van der Waals surface area (Å²) in [5.74, 6) is 0. The highest BCUT2D eigenvalue weighted by Gasteiger charge is 1.97. The monoisotopic (exact) mass is 252 g/mol. The van der Waals surface area contributed by atoms with E-state index in [4.69, 9.17) is 4.84 Å². The van der Waals surface area contributed by atoms with Crippen LogP contribution >= 0.6 is 0 Å². The first-order chi connectivity index (χ1) is 9.29. The van der Waals surface area contributed by atoms with E-state index in [2.05, 4.69) is 43.4 Å². The van der Waals surface area contributed by atoms with Crippen molar-refractivity contribution in [2.24, 2.45) is 5.16 Å². The quantitative estimate of drug-likeness (QED) is 0.582. The Labute approximate surface area is 114 Å². The highest BCUT2D eigenvalue weighted by atomic mass is 16.6. The summed E-state index contributed by atoms with van der Waals surface area (Å²) in [6.07, 6.45) is 3.92. The van der Waals surface area contributed by atoms with Gasteiger partial charge in [-0.1, -0.05) is 66.2 Å². The van der Waals surface area contributed by atoms with Crippen LogP contribution in [0.25, 0.3) is 0 Å². The van der Waals surface area contributed by atoms with E-state index in [1.54, 1.807) is 0 Å². The number of hydrogen-bond acceptors (Lipinski definition) is 2. The summed E-state index contributed by atoms with van der Waals surface area (Å²) in [4.78, 5) is 5.29. The van der Waals surface area contributed by atoms with Crippen LogP contribution in [0, 0.1) is 6.92 Å². The second-order valence-electron chi connectivity index (χ2n) is 4.48. The average Bonchev–Trinajstić information content (AvgIpc) is 2.44. The van der Waals surface area contributed by atoms with Crippen molar-refractivity contribution in [1.82, 2.24) is 0 Å². The zero-order valence-electron chi connectivity index (χ0n) is 11.4. The van der Waals surface area contributed by atoms with Gasteiger partial charge in [-0.25, -0.2) is 0 Å². The Morgan fingerprint density at radius 1 is 1.11 bits per heavy atom. The first kappa shape index (κ1) is 13.3. The zero-order chi connectivity index (χ0) is 13.5. The molecule has 0 fully saturated rings. The van der Waals surface area contributed by atoms with Crippen LogP contribution in [0.3, 0.4) is 0 Å². The van der Waals surface area contributed by atoms with Crippen molar-refractivity contribution in [3.05, 3.63) is 70.8 Å². The van der Waals surface area contributed by atoms with Crippen LogP contribution < -0.4 is 0 Å². The highest BCUT2D eigenvalue weighted by molar-refractivity contribution is 5.81. The van der Waals surface area contributed by atoms with Gasteiger partial charge >= 0.3 is 0 Å². The summed E-state index contributed by atoms with van der Waals surface area (Å²) in [6.45, 7) is 4.66. The van der Waals surface area contributed by atoms with Crippen molar-refractivity contribution in [3.63, 3.8) is 0 Å². The van der Waals surface area contributed by atoms with E-state index in [0.29, 0.717) is 6.61 Å². The SMILES string of the molecule is CCc1ccccc1/[C]=N\OCc1cccc(C)c1. The zero-order valence-corrected chi connectivity index (χ0v) is 11.4. The van der Waals surface area contributed by atoms with Gasteiger partial charge in [0.2, 0.25) is 0 Å². The van der Waals surface area contributed by atoms with E-state index in [1.807, 2.05) is 30.3 Å². The second kappa shape index (κ2) is 6.74. The van der Waals surface area contributed by atoms with Gasteiger partial charge in [0, 0.05) is 5.56 Å². The van der Waals surface area contributed by atoms with Gasteiger partial charge in [-0.15, -0.1) is 0 Å². The van der Waals surface area contributed by atoms with Crippen LogP contribution in [0.5, 0.6) is 0 Å². The highest BCUT2D eigenvalue weighted by Crippen LogP contribution is 2.08. The molecule has 0 aliphatic carbocycles. The lowest BCUT2D eigenvalue weighted by atomic mass is 10.1. The van der Waals surface area contributed by atoms with Gasteiger partial charge in [-0.3, -0.25) is 0 Å². The van der Waals surface area contributed by atoms with Crippen molar-refractivity contribution in [2.45, 2.75) is 26.9 Å². The first-order valence-electron chi connectivity index (χ1n) is 6.51. The van der Waals surface area contributed by atoms with Crippen molar-refractivity contribution in [2.75, 3.05) is 0 Å². The fraction of sp³-hybridized carbons (Fsp3) is 0.235. The van der Waals surface area contributed by atoms with Crippen molar-refractivity contribution >= 4 is 6.21 Å². The Hall–Kier alpha value is -2.09. The maximum absolute atomic E-state index is 5.29. The van der Waals surface area contributed by atoms with Gasteiger partial charge in [0.1, 0.15) is 12.8 Å². The lowest BCUT2D eigenvalue weighted by molar-refractivity contribution is 0.132. The number of hydrogen-bond donors (Lipinski definition) is 0. The van der Waals surface area contributed by atoms with Gasteiger partial charge in [0.15, 0.2) is 0 Å². The van der Waals surface area contributed by atoms with Gasteiger partial charge in [0.25, 0.3) is 0 Å². The van der Waals surface area contributed by atoms with E-state index >= 15 is 0 Å². The summed E-state index contributed by atoms with van der Waals surface area (Å²) in [6, 6.07) is 16.3. The predicted octanol–water partition coefficient (Wildman–Crippen LogP) is 3.99. The molecule has 2 heteroatoms. The topological polar surface area (TPSA) is 21.6 Å². The molecule has 0 saturated carbocycles. The van der Waals surface area contributed by atoms with Gasteiger partial charge in [-0.2, -0.15) is 0 Å². The van der Waals surface area contributed by atoms with Crippen LogP contribution in [0.2, 0.25) is 0 Å². The van der Waals surface area contributed by atoms with E-state index < -0.39 is 0 Å². The molecular formula is C17H18NO. The van der Waals surface area contributed by atoms with Crippen LogP contribution in [0.4, 0.5) is 0 Å². The molecule has 0 unspecified atom stereocenters. The van der Waals surface area contributed by atoms with Crippen LogP contribution in [0.15, 0.2) is 53.7 Å². The maximum atomic E-state index is 5.29. The summed E-state index contributed by atoms with van der Waals surface area (Å²) >= 11 is 0. The second-order valence-corrected chi connectivity index (χ2v) is 4.48. The van der Waals surface area contributed by atoms with Gasteiger partial charge in [0.05, 0.1) is 0 Å². The molecule has 0 aromatic heterocycles. The standard InChI is InChI=1S/C17H18NO/c1-3-16-9-4-5-10-17(16)12-18-19-13-15-8-6-7-14(2)11-15/h4-11H,3,13H2,1-2H3. The third-order valence-corrected chi connectivity index (χ3v) is 2.94. The smallest absolute Gasteiger partial charge is 0.142 e. The van der Waals surface area contributed by atoms with Crippen LogP contribution in [0.1, 0.15) is 29.2 Å². The molecule has 2 aromatic carbocycles. The average molecular weight is 252 g/mol. The molecule has 0 heterocycles. The Bertz CT molecular complexity index is 561. The molecule has 2 aromatic rings. The van der Waals surface area contributed by atoms with E-state index in [9.17, 15) is 0 Å². The lowest BCUT2D eigenvalue weighted by Gasteiger charge is -2.02. The Kier molecular flexibility index (Phi) is 4.73. The summed E-state index contributed by atoms with van der Waals surface area (Å²) in [7, 11) is 0. The number of benzene rings is 2. The molecule has 19 heavy (non-hydrogen) atoms. The number of nitrogens with zero attached hydrogens (tertiary/aromatic N) is 1. The van der Waals surface area contributed by atoms with E-state index in [1.165, 1.54) is 11.1 Å². The molecule has 2 nitrogen and oxygen atoms in total. The molecule has 0 atom stereocenters. The van der Waals surface area contributed by atoms with E-state index in [-0.39, 0.29) is 0 Å². The van der Waals surface area contributed by atoms with Crippen LogP contribution in [-0.2, 0) is 17.9 Å². The van der Waals surface area contributed by atoms with Gasteiger partial charge < -0.3 is 4.84 Å². The molecule has 0 amide bonds. The number of aryl methyl sites for hydroxylation is 2. The molecule has 0 saturated heterocycles. The normalized spacial score (nSPS) is 10.8. The minimum atomic E-state index is 0.475. The van der Waals surface area contributed by atoms with Crippen molar-refractivity contribution in [3.8, 4) is 0 Å². The maximum Gasteiger partial charge on any atom is 0.142 e. The van der Waals surface area contributed by atoms with Crippen molar-refractivity contribution < 1.29 is 4.84 Å². The lowest BCUT2D eigenvalue weighted by Crippen LogP contribution is -1.92. The molecule has 0 N–H and O–H groups in total. The minimum Gasteiger partial charge on any atom is -0.390 e. The fourth-order valence-electron chi connectivity index (χ4n) is 1.93. The predicted molar refractivity (Wildman–Crippen MR) is 78.3 cm³/mol. The summed E-state index contributed by atoms with van der Waals surface area (Å²) < 4.78 is 0. The molecule has 97 valence electrons. The van der Waals surface area contributed by atoms with E-state index in [0.717, 1.165) is 17.5 Å². The van der Waals surface area contributed by atoms with Crippen LogP contribution in [-0.4, -0.2) is 6.21 Å². The van der Waals surface area contributed by atoms with Crippen molar-refractivity contribution in [1.29, 1.82) is 0 Å². The minimum absolute atomic E-state index is 0.475. The molecule has 0 aliphatic rings. The Morgan fingerprint density at radius 2 is 1.95 bits per heavy atom. The molecule has 0 bridgehead atoms. The Balaban J connectivity index is 1.93. The summed E-state index contributed by atoms with van der Waals surface area (Å²) in [5.41, 5.74) is 4.57. The molecule has 0 aliphatic heterocycles. The Morgan fingerprint density at radius 3 is 2.74 bits per heavy atom. The largest absolute Gasteiger partial charge is 0.390 e. The number of rotatable bonds is 5. The fourth-order valence-corrected chi connectivity index (χ4v) is 1.93. The molecule has 2 rings (SSSR count). The molecule has 0 spiro atoms. The van der Waals surface area contributed by atoms with Gasteiger partial charge in [-0.05, 0) is 24.5 Å². The molecule has 1 radical (unpaired) electrons. The summed E-state index contributed by atoms with van der Waals surface area (Å²) in [5, 5.41) is 3.93. The third-order valence-electron chi connectivity index (χ3n) is 2.94. The molecular weight excluding hydrogens is 234 g/mol. The third kappa shape index (κ3) is 3.95.